The van der Waals surface area contributed by atoms with Gasteiger partial charge in [0.15, 0.2) is 0 Å². The van der Waals surface area contributed by atoms with Gasteiger partial charge in [-0.15, -0.1) is 0 Å². The average molecular weight is 654 g/mol. The van der Waals surface area contributed by atoms with Crippen molar-refractivity contribution >= 4 is 56.6 Å². The van der Waals surface area contributed by atoms with Gasteiger partial charge >= 0.3 is 5.97 Å². The molecule has 0 aliphatic carbocycles. The number of fused-ring (bicyclic) bond motifs is 4. The predicted octanol–water partition coefficient (Wildman–Crippen LogP) is 7.74. The van der Waals surface area contributed by atoms with Crippen LogP contribution < -0.4 is 5.32 Å². The van der Waals surface area contributed by atoms with E-state index in [-0.39, 0.29) is 41.2 Å². The second kappa shape index (κ2) is 12.8. The van der Waals surface area contributed by atoms with Crippen LogP contribution in [0.2, 0.25) is 5.02 Å². The van der Waals surface area contributed by atoms with Gasteiger partial charge in [-0.3, -0.25) is 14.4 Å². The minimum Gasteiger partial charge on any atom is -0.469 e. The second-order valence-corrected chi connectivity index (χ2v) is 12.0. The number of amides is 2. The fourth-order valence-corrected chi connectivity index (χ4v) is 6.42. The molecule has 3 aromatic carbocycles. The van der Waals surface area contributed by atoms with E-state index in [1.807, 2.05) is 48.2 Å². The Labute approximate surface area is 258 Å². The number of carbonyl (C=O) groups is 3. The van der Waals surface area contributed by atoms with Gasteiger partial charge in [-0.05, 0) is 65.8 Å². The van der Waals surface area contributed by atoms with Crippen molar-refractivity contribution in [3.05, 3.63) is 92.7 Å². The van der Waals surface area contributed by atoms with Gasteiger partial charge in [-0.25, -0.2) is 4.39 Å². The molecule has 0 unspecified atom stereocenters. The Kier molecular flexibility index (Phi) is 9.13. The first-order chi connectivity index (χ1) is 20.2. The van der Waals surface area contributed by atoms with Crippen LogP contribution in [0.25, 0.3) is 16.7 Å². The van der Waals surface area contributed by atoms with E-state index in [0.29, 0.717) is 47.1 Å². The number of halogens is 3. The van der Waals surface area contributed by atoms with E-state index in [0.717, 1.165) is 28.7 Å². The molecular formula is C33H31BrClFN2O4. The fourth-order valence-electron chi connectivity index (χ4n) is 5.70. The van der Waals surface area contributed by atoms with Crippen molar-refractivity contribution in [2.45, 2.75) is 45.1 Å². The molecular weight excluding hydrogens is 623 g/mol. The summed E-state index contributed by atoms with van der Waals surface area (Å²) in [5.74, 6) is -1.45. The van der Waals surface area contributed by atoms with Gasteiger partial charge in [-0.2, -0.15) is 0 Å². The number of hydrogen-bond acceptors (Lipinski definition) is 4. The summed E-state index contributed by atoms with van der Waals surface area (Å²) >= 11 is 9.46. The van der Waals surface area contributed by atoms with E-state index in [9.17, 15) is 18.8 Å². The molecule has 2 heterocycles. The summed E-state index contributed by atoms with van der Waals surface area (Å²) in [6, 6.07) is 16.5. The highest BCUT2D eigenvalue weighted by Gasteiger charge is 2.30. The minimum absolute atomic E-state index is 0.0102. The number of nitrogens with one attached hydrogen (secondary N) is 1. The summed E-state index contributed by atoms with van der Waals surface area (Å²) in [5, 5.41) is 3.09. The number of rotatable bonds is 4. The predicted molar refractivity (Wildman–Crippen MR) is 165 cm³/mol. The maximum atomic E-state index is 14.9. The van der Waals surface area contributed by atoms with Gasteiger partial charge in [0, 0.05) is 39.8 Å². The van der Waals surface area contributed by atoms with Crippen LogP contribution in [0.15, 0.2) is 65.1 Å². The summed E-state index contributed by atoms with van der Waals surface area (Å²) in [6.45, 7) is 2.31. The number of methoxy groups -OCH3 is 1. The molecule has 42 heavy (non-hydrogen) atoms. The quantitative estimate of drug-likeness (QED) is 0.231. The van der Waals surface area contributed by atoms with Crippen LogP contribution in [0.5, 0.6) is 0 Å². The maximum Gasteiger partial charge on any atom is 0.309 e. The van der Waals surface area contributed by atoms with E-state index in [2.05, 4.69) is 27.3 Å². The van der Waals surface area contributed by atoms with Crippen LogP contribution in [0, 0.1) is 11.7 Å². The highest BCUT2D eigenvalue weighted by atomic mass is 79.9. The standard InChI is InChI=1S/C33H31BrClFN2O4/c1-19-5-3-8-28(38-14-13-23(18-29(38)39)31-25(34)11-12-26(35)32(31)36)22-7-4-6-21(17-22)24-10-9-20(16-30(40)42-2)15-27(24)37-33(19)41/h4,6-7,9-12,15,17-19,28H,3,5,8,13-14,16H2,1-2H3,(H,37,41)/t19-,28+/m1/s1. The first-order valence-corrected chi connectivity index (χ1v) is 15.1. The molecule has 2 aliphatic rings. The molecule has 218 valence electrons. The van der Waals surface area contributed by atoms with Crippen LogP contribution in [-0.4, -0.2) is 36.3 Å². The molecule has 2 atom stereocenters. The summed E-state index contributed by atoms with van der Waals surface area (Å²) < 4.78 is 20.3. The van der Waals surface area contributed by atoms with Crippen molar-refractivity contribution in [1.82, 2.24) is 4.90 Å². The van der Waals surface area contributed by atoms with Crippen LogP contribution >= 0.6 is 27.5 Å². The molecule has 2 amide bonds. The van der Waals surface area contributed by atoms with Gasteiger partial charge in [0.2, 0.25) is 11.8 Å². The molecule has 0 radical (unpaired) electrons. The molecule has 0 aromatic heterocycles. The summed E-state index contributed by atoms with van der Waals surface area (Å²) in [7, 11) is 1.35. The zero-order valence-corrected chi connectivity index (χ0v) is 25.7. The normalized spacial score (nSPS) is 19.2. The number of hydrogen-bond donors (Lipinski definition) is 1. The Bertz CT molecular complexity index is 1590. The lowest BCUT2D eigenvalue weighted by Gasteiger charge is -2.35. The van der Waals surface area contributed by atoms with Crippen molar-refractivity contribution in [3.8, 4) is 11.1 Å². The van der Waals surface area contributed by atoms with Crippen molar-refractivity contribution < 1.29 is 23.5 Å². The van der Waals surface area contributed by atoms with Crippen LogP contribution in [0.3, 0.4) is 0 Å². The monoisotopic (exact) mass is 652 g/mol. The Hall–Kier alpha value is -3.49. The van der Waals surface area contributed by atoms with Gasteiger partial charge in [-0.1, -0.05) is 71.2 Å². The highest BCUT2D eigenvalue weighted by molar-refractivity contribution is 9.10. The number of carbonyl (C=O) groups excluding carboxylic acids is 3. The minimum atomic E-state index is -0.544. The third kappa shape index (κ3) is 6.30. The Morgan fingerprint density at radius 2 is 1.95 bits per heavy atom. The van der Waals surface area contributed by atoms with Crippen molar-refractivity contribution in [2.24, 2.45) is 5.92 Å². The molecule has 0 saturated heterocycles. The SMILES string of the molecule is COC(=O)Cc1ccc2c(c1)NC(=O)[C@H](C)CCC[C@H](N1CCC(c3c(Br)ccc(Cl)c3F)=CC1=O)c1cccc-2c1. The first kappa shape index (κ1) is 30.0. The number of esters is 1. The summed E-state index contributed by atoms with van der Waals surface area (Å²) in [6.07, 6.45) is 4.13. The number of anilines is 1. The van der Waals surface area contributed by atoms with Crippen molar-refractivity contribution in [3.63, 3.8) is 0 Å². The van der Waals surface area contributed by atoms with Crippen LogP contribution in [0.4, 0.5) is 10.1 Å². The zero-order valence-electron chi connectivity index (χ0n) is 23.4. The molecule has 1 N–H and O–H groups in total. The summed E-state index contributed by atoms with van der Waals surface area (Å²) in [4.78, 5) is 40.5. The molecule has 9 heteroatoms. The van der Waals surface area contributed by atoms with Crippen LogP contribution in [-0.2, 0) is 25.5 Å². The second-order valence-electron chi connectivity index (χ2n) is 10.8. The topological polar surface area (TPSA) is 75.7 Å². The largest absolute Gasteiger partial charge is 0.469 e. The lowest BCUT2D eigenvalue weighted by atomic mass is 9.90. The highest BCUT2D eigenvalue weighted by Crippen LogP contribution is 2.39. The molecule has 2 aliphatic heterocycles. The first-order valence-electron chi connectivity index (χ1n) is 13.9. The van der Waals surface area contributed by atoms with Crippen molar-refractivity contribution in [2.75, 3.05) is 19.0 Å². The molecule has 2 bridgehead atoms. The lowest BCUT2D eigenvalue weighted by molar-refractivity contribution is -0.139. The van der Waals surface area contributed by atoms with Crippen LogP contribution in [0.1, 0.15) is 55.3 Å². The summed E-state index contributed by atoms with van der Waals surface area (Å²) in [5.41, 5.74) is 4.97. The number of nitrogens with zero attached hydrogens (tertiary/aromatic N) is 1. The number of ether oxygens (including phenoxy) is 1. The molecule has 5 rings (SSSR count). The van der Waals surface area contributed by atoms with Crippen molar-refractivity contribution in [1.29, 1.82) is 0 Å². The molecule has 6 nitrogen and oxygen atoms in total. The van der Waals surface area contributed by atoms with E-state index in [4.69, 9.17) is 16.3 Å². The van der Waals surface area contributed by atoms with Gasteiger partial charge in [0.25, 0.3) is 0 Å². The third-order valence-corrected chi connectivity index (χ3v) is 8.96. The van der Waals surface area contributed by atoms with E-state index < -0.39 is 5.82 Å². The van der Waals surface area contributed by atoms with Gasteiger partial charge in [0.1, 0.15) is 5.82 Å². The van der Waals surface area contributed by atoms with Gasteiger partial charge < -0.3 is 15.0 Å². The van der Waals surface area contributed by atoms with E-state index >= 15 is 0 Å². The molecule has 3 aromatic rings. The number of benzene rings is 3. The average Bonchev–Trinajstić information content (AvgIpc) is 2.97. The maximum absolute atomic E-state index is 14.9. The Morgan fingerprint density at radius 1 is 1.14 bits per heavy atom. The Morgan fingerprint density at radius 3 is 2.71 bits per heavy atom. The third-order valence-electron chi connectivity index (χ3n) is 8.01. The fraction of sp³-hybridized carbons (Fsp3) is 0.303. The van der Waals surface area contributed by atoms with Gasteiger partial charge in [0.05, 0.1) is 24.6 Å². The Balaban J connectivity index is 1.52. The lowest BCUT2D eigenvalue weighted by Crippen LogP contribution is -2.37. The van der Waals surface area contributed by atoms with E-state index in [1.54, 1.807) is 6.07 Å². The molecule has 0 saturated carbocycles. The zero-order chi connectivity index (χ0) is 30.0. The molecule has 0 spiro atoms. The smallest absolute Gasteiger partial charge is 0.309 e. The molecule has 0 fully saturated rings. The van der Waals surface area contributed by atoms with E-state index in [1.165, 1.54) is 19.3 Å².